The van der Waals surface area contributed by atoms with Crippen LogP contribution < -0.4 is 10.6 Å². The third kappa shape index (κ3) is 4.65. The summed E-state index contributed by atoms with van der Waals surface area (Å²) in [5.74, 6) is -0.657. The molecule has 0 saturated carbocycles. The van der Waals surface area contributed by atoms with E-state index in [1.807, 2.05) is 46.1 Å². The Balaban J connectivity index is 1.68. The van der Waals surface area contributed by atoms with Crippen LogP contribution in [0.5, 0.6) is 0 Å². The number of aryl methyl sites for hydroxylation is 1. The molecule has 1 aliphatic heterocycles. The third-order valence-corrected chi connectivity index (χ3v) is 6.04. The van der Waals surface area contributed by atoms with Gasteiger partial charge in [-0.2, -0.15) is 0 Å². The number of carbonyl (C=O) groups is 2. The summed E-state index contributed by atoms with van der Waals surface area (Å²) in [6, 6.07) is 11.8. The minimum absolute atomic E-state index is 0.127. The Labute approximate surface area is 198 Å². The lowest BCUT2D eigenvalue weighted by Crippen LogP contribution is -2.27. The number of hydrogen-bond donors (Lipinski definition) is 3. The molecule has 2 heterocycles. The van der Waals surface area contributed by atoms with E-state index in [2.05, 4.69) is 20.5 Å². The van der Waals surface area contributed by atoms with Crippen molar-refractivity contribution in [2.75, 3.05) is 32.5 Å². The number of rotatable bonds is 7. The molecule has 0 aliphatic carbocycles. The molecular weight excluding hydrogens is 431 g/mol. The number of carbonyl (C=O) groups excluding carboxylic acids is 2. The molecule has 1 aliphatic rings. The first-order chi connectivity index (χ1) is 16.3. The van der Waals surface area contributed by atoms with Crippen molar-refractivity contribution in [2.45, 2.75) is 20.3 Å². The average Bonchev–Trinajstić information content (AvgIpc) is 3.26. The van der Waals surface area contributed by atoms with E-state index in [9.17, 15) is 14.0 Å². The molecule has 6 nitrogen and oxygen atoms in total. The van der Waals surface area contributed by atoms with Crippen LogP contribution in [0.3, 0.4) is 0 Å². The molecule has 34 heavy (non-hydrogen) atoms. The molecule has 2 amide bonds. The van der Waals surface area contributed by atoms with Gasteiger partial charge in [-0.25, -0.2) is 4.39 Å². The lowest BCUT2D eigenvalue weighted by Gasteiger charge is -2.10. The lowest BCUT2D eigenvalue weighted by atomic mass is 9.94. The molecule has 2 aromatic carbocycles. The van der Waals surface area contributed by atoms with E-state index in [1.165, 1.54) is 12.1 Å². The van der Waals surface area contributed by atoms with E-state index in [0.717, 1.165) is 40.9 Å². The summed E-state index contributed by atoms with van der Waals surface area (Å²) in [5, 5.41) is 5.90. The van der Waals surface area contributed by atoms with Crippen molar-refractivity contribution in [1.82, 2.24) is 15.2 Å². The highest BCUT2D eigenvalue weighted by Crippen LogP contribution is 2.40. The normalized spacial score (nSPS) is 13.9. The highest BCUT2D eigenvalue weighted by atomic mass is 19.1. The predicted molar refractivity (Wildman–Crippen MR) is 134 cm³/mol. The minimum Gasteiger partial charge on any atom is -0.358 e. The standard InChI is InChI=1S/C27H29FN4O2/c1-16-23(30-17(2)24(16)27(34)29-13-6-14-32(3)4)15-21-25-20(18-9-11-19(28)12-10-18)7-5-8-22(25)31-26(21)33/h5,7-12,15,30H,6,13-14H2,1-4H3,(H,29,34)(H,31,33)/b21-15-. The number of anilines is 1. The number of aromatic amines is 1. The number of H-pyrrole nitrogens is 1. The fourth-order valence-electron chi connectivity index (χ4n) is 4.35. The summed E-state index contributed by atoms with van der Waals surface area (Å²) in [6.07, 6.45) is 2.65. The van der Waals surface area contributed by atoms with Gasteiger partial charge >= 0.3 is 0 Å². The Kier molecular flexibility index (Phi) is 6.65. The van der Waals surface area contributed by atoms with Crippen LogP contribution in [0.1, 0.15) is 39.3 Å². The lowest BCUT2D eigenvalue weighted by molar-refractivity contribution is -0.110. The van der Waals surface area contributed by atoms with Crippen LogP contribution in [0.15, 0.2) is 42.5 Å². The molecule has 0 unspecified atom stereocenters. The van der Waals surface area contributed by atoms with Crippen molar-refractivity contribution in [2.24, 2.45) is 0 Å². The maximum Gasteiger partial charge on any atom is 0.256 e. The fraction of sp³-hybridized carbons (Fsp3) is 0.259. The minimum atomic E-state index is -0.314. The SMILES string of the molecule is Cc1[nH]c(/C=C2\C(=O)Nc3cccc(-c4ccc(F)cc4)c32)c(C)c1C(=O)NCCCN(C)C. The second-order valence-corrected chi connectivity index (χ2v) is 8.82. The molecule has 7 heteroatoms. The van der Waals surface area contributed by atoms with Gasteiger partial charge in [0.15, 0.2) is 0 Å². The highest BCUT2D eigenvalue weighted by Gasteiger charge is 2.28. The summed E-state index contributed by atoms with van der Waals surface area (Å²) in [4.78, 5) is 31.1. The number of nitrogens with zero attached hydrogens (tertiary/aromatic N) is 1. The fourth-order valence-corrected chi connectivity index (χ4v) is 4.35. The van der Waals surface area contributed by atoms with Gasteiger partial charge < -0.3 is 20.5 Å². The maximum absolute atomic E-state index is 13.5. The van der Waals surface area contributed by atoms with Gasteiger partial charge in [-0.3, -0.25) is 9.59 Å². The van der Waals surface area contributed by atoms with Gasteiger partial charge in [0.2, 0.25) is 0 Å². The van der Waals surface area contributed by atoms with Crippen molar-refractivity contribution in [3.63, 3.8) is 0 Å². The first-order valence-electron chi connectivity index (χ1n) is 11.3. The van der Waals surface area contributed by atoms with Gasteiger partial charge in [-0.1, -0.05) is 24.3 Å². The smallest absolute Gasteiger partial charge is 0.256 e. The van der Waals surface area contributed by atoms with Crippen LogP contribution >= 0.6 is 0 Å². The topological polar surface area (TPSA) is 77.2 Å². The summed E-state index contributed by atoms with van der Waals surface area (Å²) >= 11 is 0. The van der Waals surface area contributed by atoms with Crippen LogP contribution in [0.25, 0.3) is 22.8 Å². The van der Waals surface area contributed by atoms with Crippen molar-refractivity contribution < 1.29 is 14.0 Å². The zero-order valence-corrected chi connectivity index (χ0v) is 19.9. The number of benzene rings is 2. The molecule has 176 valence electrons. The molecule has 0 radical (unpaired) electrons. The van der Waals surface area contributed by atoms with Crippen LogP contribution in [0.2, 0.25) is 0 Å². The largest absolute Gasteiger partial charge is 0.358 e. The van der Waals surface area contributed by atoms with E-state index in [4.69, 9.17) is 0 Å². The quantitative estimate of drug-likeness (QED) is 0.356. The zero-order valence-electron chi connectivity index (χ0n) is 19.9. The van der Waals surface area contributed by atoms with E-state index in [-0.39, 0.29) is 17.6 Å². The van der Waals surface area contributed by atoms with Crippen molar-refractivity contribution in [3.05, 3.63) is 76.4 Å². The molecule has 0 atom stereocenters. The summed E-state index contributed by atoms with van der Waals surface area (Å²) in [5.41, 5.74) is 6.47. The predicted octanol–water partition coefficient (Wildman–Crippen LogP) is 4.61. The van der Waals surface area contributed by atoms with Crippen LogP contribution in [-0.4, -0.2) is 48.9 Å². The zero-order chi connectivity index (χ0) is 24.4. The Morgan fingerprint density at radius 1 is 1.12 bits per heavy atom. The van der Waals surface area contributed by atoms with Gasteiger partial charge in [0, 0.05) is 29.2 Å². The summed E-state index contributed by atoms with van der Waals surface area (Å²) in [7, 11) is 4.00. The Bertz CT molecular complexity index is 1270. The first-order valence-corrected chi connectivity index (χ1v) is 11.3. The number of amides is 2. The number of halogens is 1. The first kappa shape index (κ1) is 23.4. The molecule has 0 bridgehead atoms. The average molecular weight is 461 g/mol. The molecule has 4 rings (SSSR count). The van der Waals surface area contributed by atoms with E-state index >= 15 is 0 Å². The molecule has 3 N–H and O–H groups in total. The third-order valence-electron chi connectivity index (χ3n) is 6.04. The summed E-state index contributed by atoms with van der Waals surface area (Å²) < 4.78 is 13.5. The molecular formula is C27H29FN4O2. The van der Waals surface area contributed by atoms with Gasteiger partial charge in [-0.15, -0.1) is 0 Å². The number of nitrogens with one attached hydrogen (secondary N) is 3. The second kappa shape index (κ2) is 9.65. The van der Waals surface area contributed by atoms with Crippen molar-refractivity contribution in [1.29, 1.82) is 0 Å². The molecule has 0 spiro atoms. The van der Waals surface area contributed by atoms with Crippen molar-refractivity contribution >= 4 is 29.2 Å². The number of hydrogen-bond acceptors (Lipinski definition) is 3. The molecule has 1 aromatic heterocycles. The number of fused-ring (bicyclic) bond motifs is 1. The van der Waals surface area contributed by atoms with E-state index in [0.29, 0.717) is 29.1 Å². The highest BCUT2D eigenvalue weighted by molar-refractivity contribution is 6.36. The molecule has 3 aromatic rings. The van der Waals surface area contributed by atoms with Gasteiger partial charge in [0.05, 0.1) is 11.1 Å². The number of aromatic nitrogens is 1. The van der Waals surface area contributed by atoms with E-state index < -0.39 is 0 Å². The van der Waals surface area contributed by atoms with Crippen molar-refractivity contribution in [3.8, 4) is 11.1 Å². The molecule has 0 saturated heterocycles. The Morgan fingerprint density at radius 2 is 1.85 bits per heavy atom. The van der Waals surface area contributed by atoms with Crippen LogP contribution in [-0.2, 0) is 4.79 Å². The summed E-state index contributed by atoms with van der Waals surface area (Å²) in [6.45, 7) is 5.22. The Morgan fingerprint density at radius 3 is 2.56 bits per heavy atom. The maximum atomic E-state index is 13.5. The monoisotopic (exact) mass is 460 g/mol. The van der Waals surface area contributed by atoms with E-state index in [1.54, 1.807) is 18.2 Å². The Hall–Kier alpha value is -3.71. The van der Waals surface area contributed by atoms with Gasteiger partial charge in [0.25, 0.3) is 11.8 Å². The van der Waals surface area contributed by atoms with Gasteiger partial charge in [0.1, 0.15) is 5.82 Å². The second-order valence-electron chi connectivity index (χ2n) is 8.82. The van der Waals surface area contributed by atoms with Crippen LogP contribution in [0, 0.1) is 19.7 Å². The molecule has 0 fully saturated rings. The van der Waals surface area contributed by atoms with Crippen LogP contribution in [0.4, 0.5) is 10.1 Å². The van der Waals surface area contributed by atoms with Gasteiger partial charge in [-0.05, 0) is 81.9 Å².